The van der Waals surface area contributed by atoms with Crippen LogP contribution in [0.1, 0.15) is 29.3 Å². The minimum Gasteiger partial charge on any atom is -0.326 e. The summed E-state index contributed by atoms with van der Waals surface area (Å²) in [5.41, 5.74) is 4.69. The van der Waals surface area contributed by atoms with E-state index in [-0.39, 0.29) is 18.2 Å². The van der Waals surface area contributed by atoms with Gasteiger partial charge in [-0.3, -0.25) is 9.59 Å². The van der Waals surface area contributed by atoms with Crippen LogP contribution in [0.2, 0.25) is 0 Å². The average molecular weight is 327 g/mol. The number of anilines is 1. The van der Waals surface area contributed by atoms with Gasteiger partial charge in [-0.1, -0.05) is 23.8 Å². The largest absolute Gasteiger partial charge is 0.326 e. The predicted octanol–water partition coefficient (Wildman–Crippen LogP) is 3.27. The summed E-state index contributed by atoms with van der Waals surface area (Å²) in [5.74, 6) is -1.11. The second kappa shape index (κ2) is 8.01. The van der Waals surface area contributed by atoms with Gasteiger partial charge in [-0.05, 0) is 44.2 Å². The Hall–Kier alpha value is -3.02. The number of aryl methyl sites for hydroxylation is 1. The van der Waals surface area contributed by atoms with Crippen molar-refractivity contribution >= 4 is 23.2 Å². The van der Waals surface area contributed by atoms with Crippen molar-refractivity contribution in [2.45, 2.75) is 20.3 Å². The lowest BCUT2D eigenvalue weighted by atomic mass is 10.1. The Bertz CT molecular complexity index is 787. The normalized spacial score (nSPS) is 11.0. The van der Waals surface area contributed by atoms with Crippen molar-refractivity contribution in [1.82, 2.24) is 5.43 Å². The second-order valence-corrected chi connectivity index (χ2v) is 5.39. The maximum absolute atomic E-state index is 13.1. The molecule has 5 nitrogen and oxygen atoms in total. The molecule has 24 heavy (non-hydrogen) atoms. The third-order valence-electron chi connectivity index (χ3n) is 3.15. The van der Waals surface area contributed by atoms with Crippen molar-refractivity contribution in [3.8, 4) is 0 Å². The van der Waals surface area contributed by atoms with Crippen LogP contribution in [-0.4, -0.2) is 17.5 Å². The molecule has 2 rings (SSSR count). The van der Waals surface area contributed by atoms with Crippen molar-refractivity contribution in [1.29, 1.82) is 0 Å². The molecule has 0 spiro atoms. The van der Waals surface area contributed by atoms with Gasteiger partial charge in [0.1, 0.15) is 5.82 Å². The van der Waals surface area contributed by atoms with Crippen LogP contribution in [0.25, 0.3) is 0 Å². The minimum atomic E-state index is -0.427. The van der Waals surface area contributed by atoms with E-state index in [9.17, 15) is 14.0 Å². The van der Waals surface area contributed by atoms with E-state index in [1.165, 1.54) is 18.2 Å². The zero-order valence-corrected chi connectivity index (χ0v) is 13.5. The Labute approximate surface area is 139 Å². The average Bonchev–Trinajstić information content (AvgIpc) is 2.52. The highest BCUT2D eigenvalue weighted by Gasteiger charge is 2.07. The number of carbonyl (C=O) groups is 2. The van der Waals surface area contributed by atoms with E-state index in [2.05, 4.69) is 15.8 Å². The van der Waals surface area contributed by atoms with Crippen molar-refractivity contribution in [3.63, 3.8) is 0 Å². The smallest absolute Gasteiger partial charge is 0.271 e. The molecular formula is C18H18FN3O2. The Morgan fingerprint density at radius 1 is 1.12 bits per heavy atom. The summed E-state index contributed by atoms with van der Waals surface area (Å²) in [7, 11) is 0. The number of nitrogens with one attached hydrogen (secondary N) is 2. The van der Waals surface area contributed by atoms with Gasteiger partial charge in [0.05, 0.1) is 6.42 Å². The molecule has 2 aromatic rings. The molecule has 0 unspecified atom stereocenters. The summed E-state index contributed by atoms with van der Waals surface area (Å²) in [6.07, 6.45) is -0.00931. The van der Waals surface area contributed by atoms with Crippen LogP contribution in [0.5, 0.6) is 0 Å². The van der Waals surface area contributed by atoms with Gasteiger partial charge in [-0.25, -0.2) is 9.82 Å². The second-order valence-electron chi connectivity index (χ2n) is 5.39. The van der Waals surface area contributed by atoms with Gasteiger partial charge in [0.2, 0.25) is 5.91 Å². The fourth-order valence-corrected chi connectivity index (χ4v) is 2.04. The molecule has 0 aromatic heterocycles. The number of benzene rings is 2. The van der Waals surface area contributed by atoms with Crippen LogP contribution >= 0.6 is 0 Å². The van der Waals surface area contributed by atoms with Gasteiger partial charge >= 0.3 is 0 Å². The van der Waals surface area contributed by atoms with Crippen LogP contribution in [-0.2, 0) is 4.79 Å². The number of hydrogen-bond donors (Lipinski definition) is 2. The topological polar surface area (TPSA) is 70.6 Å². The molecule has 0 bridgehead atoms. The van der Waals surface area contributed by atoms with Crippen molar-refractivity contribution in [2.24, 2.45) is 5.10 Å². The Kier molecular flexibility index (Phi) is 5.78. The number of rotatable bonds is 5. The number of carbonyl (C=O) groups excluding carboxylic acids is 2. The number of amides is 2. The molecule has 0 saturated heterocycles. The van der Waals surface area contributed by atoms with E-state index in [1.807, 2.05) is 13.0 Å². The van der Waals surface area contributed by atoms with Crippen molar-refractivity contribution in [3.05, 3.63) is 65.5 Å². The molecule has 2 aromatic carbocycles. The van der Waals surface area contributed by atoms with Crippen LogP contribution in [0.4, 0.5) is 10.1 Å². The summed E-state index contributed by atoms with van der Waals surface area (Å²) < 4.78 is 13.1. The molecule has 0 atom stereocenters. The Balaban J connectivity index is 1.89. The first-order valence-corrected chi connectivity index (χ1v) is 7.39. The lowest BCUT2D eigenvalue weighted by molar-refractivity contribution is -0.115. The highest BCUT2D eigenvalue weighted by atomic mass is 19.1. The van der Waals surface area contributed by atoms with E-state index >= 15 is 0 Å². The number of hydrogen-bond acceptors (Lipinski definition) is 3. The highest BCUT2D eigenvalue weighted by Crippen LogP contribution is 2.09. The maximum Gasteiger partial charge on any atom is 0.271 e. The van der Waals surface area contributed by atoms with Gasteiger partial charge in [0.25, 0.3) is 5.91 Å². The molecule has 0 heterocycles. The van der Waals surface area contributed by atoms with Crippen LogP contribution in [0, 0.1) is 12.7 Å². The van der Waals surface area contributed by atoms with Crippen LogP contribution in [0.15, 0.2) is 53.6 Å². The van der Waals surface area contributed by atoms with E-state index in [1.54, 1.807) is 31.2 Å². The molecule has 6 heteroatoms. The summed E-state index contributed by atoms with van der Waals surface area (Å²) in [6.45, 7) is 3.52. The summed E-state index contributed by atoms with van der Waals surface area (Å²) in [4.78, 5) is 23.8. The van der Waals surface area contributed by atoms with E-state index in [0.29, 0.717) is 17.0 Å². The molecule has 0 radical (unpaired) electrons. The van der Waals surface area contributed by atoms with Crippen molar-refractivity contribution < 1.29 is 14.0 Å². The lowest BCUT2D eigenvalue weighted by Crippen LogP contribution is -2.21. The van der Waals surface area contributed by atoms with Gasteiger partial charge in [0, 0.05) is 17.0 Å². The molecule has 0 aliphatic heterocycles. The van der Waals surface area contributed by atoms with Gasteiger partial charge in [-0.2, -0.15) is 5.10 Å². The Morgan fingerprint density at radius 3 is 2.58 bits per heavy atom. The van der Waals surface area contributed by atoms with Crippen LogP contribution < -0.4 is 10.7 Å². The lowest BCUT2D eigenvalue weighted by Gasteiger charge is -2.06. The first-order valence-electron chi connectivity index (χ1n) is 7.39. The van der Waals surface area contributed by atoms with Gasteiger partial charge < -0.3 is 5.32 Å². The molecule has 0 fully saturated rings. The molecule has 0 saturated carbocycles. The van der Waals surface area contributed by atoms with Crippen LogP contribution in [0.3, 0.4) is 0 Å². The molecule has 0 aliphatic carbocycles. The number of nitrogens with zero attached hydrogens (tertiary/aromatic N) is 1. The zero-order chi connectivity index (χ0) is 17.5. The standard InChI is InChI=1S/C18H18FN3O2/c1-12-5-3-6-14(9-12)18(24)22-21-13(2)10-17(23)20-16-8-4-7-15(19)11-16/h3-9,11H,10H2,1-2H3,(H,20,23)(H,22,24)/b21-13-. The minimum absolute atomic E-state index is 0.00931. The molecule has 124 valence electrons. The SMILES string of the molecule is C/C(CC(=O)Nc1cccc(F)c1)=N/NC(=O)c1cccc(C)c1. The van der Waals surface area contributed by atoms with E-state index in [4.69, 9.17) is 0 Å². The monoisotopic (exact) mass is 327 g/mol. The number of hydrazone groups is 1. The fourth-order valence-electron chi connectivity index (χ4n) is 2.04. The summed E-state index contributed by atoms with van der Waals surface area (Å²) in [5, 5.41) is 6.48. The molecular weight excluding hydrogens is 309 g/mol. The summed E-state index contributed by atoms with van der Waals surface area (Å²) >= 11 is 0. The van der Waals surface area contributed by atoms with Gasteiger partial charge in [0.15, 0.2) is 0 Å². The molecule has 2 amide bonds. The molecule has 2 N–H and O–H groups in total. The summed E-state index contributed by atoms with van der Waals surface area (Å²) in [6, 6.07) is 12.7. The van der Waals surface area contributed by atoms with Crippen molar-refractivity contribution in [2.75, 3.05) is 5.32 Å². The maximum atomic E-state index is 13.1. The highest BCUT2D eigenvalue weighted by molar-refractivity contribution is 6.06. The fraction of sp³-hybridized carbons (Fsp3) is 0.167. The number of halogens is 1. The molecule has 0 aliphatic rings. The van der Waals surface area contributed by atoms with E-state index in [0.717, 1.165) is 5.56 Å². The zero-order valence-electron chi connectivity index (χ0n) is 13.5. The Morgan fingerprint density at radius 2 is 1.88 bits per heavy atom. The van der Waals surface area contributed by atoms with Gasteiger partial charge in [-0.15, -0.1) is 0 Å². The quantitative estimate of drug-likeness (QED) is 0.653. The first-order chi connectivity index (χ1) is 11.4. The first kappa shape index (κ1) is 17.3. The predicted molar refractivity (Wildman–Crippen MR) is 91.4 cm³/mol. The third kappa shape index (κ3) is 5.31. The third-order valence-corrected chi connectivity index (χ3v) is 3.15. The van der Waals surface area contributed by atoms with E-state index < -0.39 is 5.82 Å².